The number of nitrogen functional groups attached to an aromatic ring is 1. The molecule has 2 aromatic heterocycles. The van der Waals surface area contributed by atoms with Crippen molar-refractivity contribution in [2.24, 2.45) is 0 Å². The summed E-state index contributed by atoms with van der Waals surface area (Å²) in [6.07, 6.45) is 2.88. The van der Waals surface area contributed by atoms with E-state index >= 15 is 0 Å². The SMILES string of the molecule is CCN(CC)c1ccc(CN2CCc3nc(-c4ccc(N)cc4)ncc3C2)o1. The number of rotatable bonds is 6. The zero-order valence-electron chi connectivity index (χ0n) is 16.6. The second kappa shape index (κ2) is 8.02. The molecule has 0 radical (unpaired) electrons. The van der Waals surface area contributed by atoms with E-state index in [-0.39, 0.29) is 0 Å². The van der Waals surface area contributed by atoms with Crippen molar-refractivity contribution in [3.8, 4) is 11.4 Å². The van der Waals surface area contributed by atoms with Crippen molar-refractivity contribution in [2.75, 3.05) is 30.3 Å². The predicted molar refractivity (Wildman–Crippen MR) is 112 cm³/mol. The van der Waals surface area contributed by atoms with Crippen LogP contribution in [0.1, 0.15) is 30.9 Å². The fourth-order valence-corrected chi connectivity index (χ4v) is 3.66. The third-order valence-corrected chi connectivity index (χ3v) is 5.28. The van der Waals surface area contributed by atoms with Gasteiger partial charge in [-0.25, -0.2) is 9.97 Å². The first kappa shape index (κ1) is 18.5. The Bertz CT molecular complexity index is 930. The number of fused-ring (bicyclic) bond motifs is 1. The Morgan fingerprint density at radius 1 is 1.11 bits per heavy atom. The van der Waals surface area contributed by atoms with E-state index < -0.39 is 0 Å². The monoisotopic (exact) mass is 377 g/mol. The van der Waals surface area contributed by atoms with E-state index in [0.29, 0.717) is 0 Å². The van der Waals surface area contributed by atoms with E-state index in [1.54, 1.807) is 0 Å². The molecule has 0 saturated carbocycles. The number of furan rings is 1. The van der Waals surface area contributed by atoms with Crippen LogP contribution >= 0.6 is 0 Å². The summed E-state index contributed by atoms with van der Waals surface area (Å²) in [5.74, 6) is 2.72. The van der Waals surface area contributed by atoms with Gasteiger partial charge in [0.2, 0.25) is 0 Å². The molecule has 0 bridgehead atoms. The van der Waals surface area contributed by atoms with Crippen LogP contribution in [0.25, 0.3) is 11.4 Å². The van der Waals surface area contributed by atoms with Gasteiger partial charge in [0.25, 0.3) is 0 Å². The van der Waals surface area contributed by atoms with Crippen LogP contribution in [0.3, 0.4) is 0 Å². The second-order valence-electron chi connectivity index (χ2n) is 7.16. The molecule has 1 aromatic carbocycles. The molecule has 1 aliphatic heterocycles. The highest BCUT2D eigenvalue weighted by atomic mass is 16.4. The third kappa shape index (κ3) is 3.87. The molecule has 0 amide bonds. The fourth-order valence-electron chi connectivity index (χ4n) is 3.66. The lowest BCUT2D eigenvalue weighted by Crippen LogP contribution is -2.30. The normalized spacial score (nSPS) is 14.1. The van der Waals surface area contributed by atoms with Crippen LogP contribution < -0.4 is 10.6 Å². The number of hydrogen-bond acceptors (Lipinski definition) is 6. The smallest absolute Gasteiger partial charge is 0.195 e. The molecule has 4 rings (SSSR count). The molecule has 3 heterocycles. The van der Waals surface area contributed by atoms with Gasteiger partial charge in [0.05, 0.1) is 12.2 Å². The standard InChI is InChI=1S/C22H27N5O/c1-3-27(4-2)21-10-9-19(28-21)15-26-12-11-20-17(14-26)13-24-22(25-20)16-5-7-18(23)8-6-16/h5-10,13H,3-4,11-12,14-15,23H2,1-2H3. The highest BCUT2D eigenvalue weighted by molar-refractivity contribution is 5.58. The van der Waals surface area contributed by atoms with Gasteiger partial charge >= 0.3 is 0 Å². The molecule has 146 valence electrons. The molecular formula is C22H27N5O. The molecule has 0 aliphatic carbocycles. The van der Waals surface area contributed by atoms with Crippen LogP contribution in [-0.2, 0) is 19.5 Å². The van der Waals surface area contributed by atoms with Gasteiger partial charge in [-0.3, -0.25) is 4.90 Å². The Balaban J connectivity index is 1.44. The van der Waals surface area contributed by atoms with Crippen LogP contribution in [0.4, 0.5) is 11.6 Å². The minimum absolute atomic E-state index is 0.749. The molecule has 0 fully saturated rings. The Labute approximate surface area is 166 Å². The molecular weight excluding hydrogens is 350 g/mol. The molecule has 3 aromatic rings. The van der Waals surface area contributed by atoms with Crippen LogP contribution in [0, 0.1) is 0 Å². The van der Waals surface area contributed by atoms with Gasteiger partial charge in [0.15, 0.2) is 11.7 Å². The summed E-state index contributed by atoms with van der Waals surface area (Å²) in [5.41, 5.74) is 9.86. The Kier molecular flexibility index (Phi) is 5.30. The highest BCUT2D eigenvalue weighted by Crippen LogP contribution is 2.24. The van der Waals surface area contributed by atoms with Gasteiger partial charge < -0.3 is 15.1 Å². The maximum Gasteiger partial charge on any atom is 0.195 e. The lowest BCUT2D eigenvalue weighted by atomic mass is 10.1. The Hall–Kier alpha value is -2.86. The molecule has 2 N–H and O–H groups in total. The zero-order chi connectivity index (χ0) is 19.5. The van der Waals surface area contributed by atoms with Crippen LogP contribution in [0.2, 0.25) is 0 Å². The summed E-state index contributed by atoms with van der Waals surface area (Å²) in [6, 6.07) is 11.9. The fraction of sp³-hybridized carbons (Fsp3) is 0.364. The van der Waals surface area contributed by atoms with E-state index in [1.807, 2.05) is 30.5 Å². The summed E-state index contributed by atoms with van der Waals surface area (Å²) in [4.78, 5) is 14.0. The van der Waals surface area contributed by atoms with Crippen LogP contribution in [0.15, 0.2) is 47.0 Å². The summed E-state index contributed by atoms with van der Waals surface area (Å²) < 4.78 is 6.05. The van der Waals surface area contributed by atoms with Crippen molar-refractivity contribution >= 4 is 11.6 Å². The van der Waals surface area contributed by atoms with Crippen molar-refractivity contribution in [1.29, 1.82) is 0 Å². The molecule has 0 spiro atoms. The molecule has 0 saturated heterocycles. The minimum Gasteiger partial charge on any atom is -0.444 e. The van der Waals surface area contributed by atoms with Crippen molar-refractivity contribution in [1.82, 2.24) is 14.9 Å². The van der Waals surface area contributed by atoms with E-state index in [4.69, 9.17) is 15.1 Å². The third-order valence-electron chi connectivity index (χ3n) is 5.28. The van der Waals surface area contributed by atoms with Crippen molar-refractivity contribution in [2.45, 2.75) is 33.4 Å². The van der Waals surface area contributed by atoms with Gasteiger partial charge in [-0.1, -0.05) is 0 Å². The Morgan fingerprint density at radius 3 is 2.64 bits per heavy atom. The summed E-state index contributed by atoms with van der Waals surface area (Å²) in [6.45, 7) is 8.81. The van der Waals surface area contributed by atoms with Crippen LogP contribution in [0.5, 0.6) is 0 Å². The number of anilines is 2. The summed E-state index contributed by atoms with van der Waals surface area (Å²) >= 11 is 0. The number of nitrogens with zero attached hydrogens (tertiary/aromatic N) is 4. The first-order valence-electron chi connectivity index (χ1n) is 9.93. The maximum atomic E-state index is 6.05. The van der Waals surface area contributed by atoms with E-state index in [0.717, 1.165) is 73.6 Å². The number of nitrogens with two attached hydrogens (primary N) is 1. The minimum atomic E-state index is 0.749. The van der Waals surface area contributed by atoms with Crippen molar-refractivity contribution in [3.05, 3.63) is 59.6 Å². The topological polar surface area (TPSA) is 71.4 Å². The van der Waals surface area contributed by atoms with E-state index in [9.17, 15) is 0 Å². The number of hydrogen-bond donors (Lipinski definition) is 1. The average Bonchev–Trinajstić information content (AvgIpc) is 3.17. The van der Waals surface area contributed by atoms with Gasteiger partial charge in [-0.15, -0.1) is 0 Å². The quantitative estimate of drug-likeness (QED) is 0.660. The summed E-state index contributed by atoms with van der Waals surface area (Å²) in [7, 11) is 0. The largest absolute Gasteiger partial charge is 0.444 e. The van der Waals surface area contributed by atoms with E-state index in [2.05, 4.69) is 40.8 Å². The average molecular weight is 377 g/mol. The summed E-state index contributed by atoms with van der Waals surface area (Å²) in [5, 5.41) is 0. The van der Waals surface area contributed by atoms with Crippen LogP contribution in [-0.4, -0.2) is 34.5 Å². The molecule has 1 aliphatic rings. The van der Waals surface area contributed by atoms with Gasteiger partial charge in [-0.05, 0) is 44.2 Å². The van der Waals surface area contributed by atoms with Gasteiger partial charge in [0.1, 0.15) is 5.76 Å². The number of benzene rings is 1. The van der Waals surface area contributed by atoms with Gasteiger partial charge in [-0.2, -0.15) is 0 Å². The number of aromatic nitrogens is 2. The first-order chi connectivity index (χ1) is 13.7. The molecule has 6 nitrogen and oxygen atoms in total. The molecule has 28 heavy (non-hydrogen) atoms. The first-order valence-corrected chi connectivity index (χ1v) is 9.93. The van der Waals surface area contributed by atoms with Crippen molar-refractivity contribution < 1.29 is 4.42 Å². The Morgan fingerprint density at radius 2 is 1.89 bits per heavy atom. The highest BCUT2D eigenvalue weighted by Gasteiger charge is 2.20. The lowest BCUT2D eigenvalue weighted by molar-refractivity contribution is 0.224. The molecule has 6 heteroatoms. The maximum absolute atomic E-state index is 6.05. The van der Waals surface area contributed by atoms with E-state index in [1.165, 1.54) is 5.56 Å². The van der Waals surface area contributed by atoms with Crippen molar-refractivity contribution in [3.63, 3.8) is 0 Å². The zero-order valence-corrected chi connectivity index (χ0v) is 16.6. The van der Waals surface area contributed by atoms with Gasteiger partial charge in [0, 0.05) is 61.7 Å². The molecule has 0 atom stereocenters. The lowest BCUT2D eigenvalue weighted by Gasteiger charge is -2.27. The second-order valence-corrected chi connectivity index (χ2v) is 7.16. The molecule has 0 unspecified atom stereocenters. The predicted octanol–water partition coefficient (Wildman–Crippen LogP) is 3.72.